The first-order chi connectivity index (χ1) is 22.2. The highest BCUT2D eigenvalue weighted by Gasteiger charge is 2.30. The van der Waals surface area contributed by atoms with Crippen LogP contribution in [0.15, 0.2) is 54.6 Å². The number of carbonyl (C=O) groups excluding carboxylic acids is 2. The number of carbonyl (C=O) groups is 2. The summed E-state index contributed by atoms with van der Waals surface area (Å²) in [5.41, 5.74) is 3.93. The predicted octanol–water partition coefficient (Wildman–Crippen LogP) is 6.73. The van der Waals surface area contributed by atoms with Crippen molar-refractivity contribution < 1.29 is 14.3 Å². The van der Waals surface area contributed by atoms with Crippen molar-refractivity contribution in [3.8, 4) is 11.3 Å². The lowest BCUT2D eigenvalue weighted by Gasteiger charge is -2.40. The Bertz CT molecular complexity index is 1490. The number of nitrogens with zero attached hydrogens (tertiary/aromatic N) is 4. The zero-order valence-corrected chi connectivity index (χ0v) is 28.0. The number of amides is 2. The highest BCUT2D eigenvalue weighted by molar-refractivity contribution is 6.09. The number of nitrogens with one attached hydrogen (secondary N) is 1. The Hall–Kier alpha value is -3.49. The molecule has 3 fully saturated rings. The lowest BCUT2D eigenvalue weighted by atomic mass is 9.93. The van der Waals surface area contributed by atoms with Crippen molar-refractivity contribution in [2.45, 2.75) is 83.9 Å². The minimum atomic E-state index is -0.531. The summed E-state index contributed by atoms with van der Waals surface area (Å²) >= 11 is 0. The molecule has 3 aliphatic rings. The van der Waals surface area contributed by atoms with E-state index < -0.39 is 5.60 Å². The van der Waals surface area contributed by atoms with Gasteiger partial charge in [-0.15, -0.1) is 0 Å². The minimum Gasteiger partial charge on any atom is -0.444 e. The summed E-state index contributed by atoms with van der Waals surface area (Å²) in [6, 6.07) is 19.0. The van der Waals surface area contributed by atoms with E-state index in [0.717, 1.165) is 59.2 Å². The van der Waals surface area contributed by atoms with Crippen LogP contribution in [0, 0.1) is 5.92 Å². The monoisotopic (exact) mass is 625 g/mol. The quantitative estimate of drug-likeness (QED) is 0.314. The molecule has 0 radical (unpaired) electrons. The maximum Gasteiger partial charge on any atom is 0.410 e. The summed E-state index contributed by atoms with van der Waals surface area (Å²) in [6.07, 6.45) is 7.92. The van der Waals surface area contributed by atoms with Crippen LogP contribution in [-0.4, -0.2) is 89.1 Å². The molecule has 8 nitrogen and oxygen atoms in total. The van der Waals surface area contributed by atoms with E-state index in [-0.39, 0.29) is 17.9 Å². The van der Waals surface area contributed by atoms with Crippen molar-refractivity contribution in [3.63, 3.8) is 0 Å². The van der Waals surface area contributed by atoms with Crippen LogP contribution in [0.5, 0.6) is 0 Å². The lowest BCUT2D eigenvalue weighted by Crippen LogP contribution is -2.46. The number of hydrogen-bond donors (Lipinski definition) is 1. The number of benzene rings is 2. The maximum absolute atomic E-state index is 14.3. The molecule has 1 N–H and O–H groups in total. The third kappa shape index (κ3) is 7.89. The van der Waals surface area contributed by atoms with Crippen LogP contribution in [0.4, 0.5) is 4.79 Å². The fourth-order valence-corrected chi connectivity index (χ4v) is 7.50. The van der Waals surface area contributed by atoms with Gasteiger partial charge in [-0.2, -0.15) is 0 Å². The molecule has 46 heavy (non-hydrogen) atoms. The molecule has 3 saturated heterocycles. The van der Waals surface area contributed by atoms with Gasteiger partial charge in [-0.05, 0) is 97.5 Å². The van der Waals surface area contributed by atoms with Crippen LogP contribution < -0.4 is 5.32 Å². The molecule has 3 aromatic rings. The zero-order valence-electron chi connectivity index (χ0n) is 28.0. The Kier molecular flexibility index (Phi) is 10.2. The molecule has 1 atom stereocenters. The minimum absolute atomic E-state index is 0.0663. The molecule has 3 aliphatic heterocycles. The Morgan fingerprint density at radius 1 is 0.870 bits per heavy atom. The molecular formula is C38H51N5O3. The van der Waals surface area contributed by atoms with Crippen molar-refractivity contribution in [1.29, 1.82) is 0 Å². The summed E-state index contributed by atoms with van der Waals surface area (Å²) < 4.78 is 5.64. The average Bonchev–Trinajstić information content (AvgIpc) is 3.07. The zero-order chi connectivity index (χ0) is 32.1. The number of rotatable bonds is 7. The summed E-state index contributed by atoms with van der Waals surface area (Å²) in [4.78, 5) is 39.3. The highest BCUT2D eigenvalue weighted by Crippen LogP contribution is 2.33. The van der Waals surface area contributed by atoms with Crippen molar-refractivity contribution in [1.82, 2.24) is 25.0 Å². The molecule has 1 unspecified atom stereocenters. The van der Waals surface area contributed by atoms with E-state index in [1.807, 2.05) is 63.2 Å². The van der Waals surface area contributed by atoms with Gasteiger partial charge in [0, 0.05) is 48.7 Å². The Morgan fingerprint density at radius 2 is 1.59 bits per heavy atom. The standard InChI is InChI=1S/C38H51N5O3/c1-38(2,3)46-37(45)43-22-12-13-28(26-43)25-39-36(44)34-31-16-8-9-17-33(31)40-35(29-14-6-4-7-15-29)32(34)27-41-23-18-30(19-24-41)42-20-10-5-11-21-42/h4,6-9,14-17,28,30H,5,10-13,18-27H2,1-3H3,(H,39,44). The van der Waals surface area contributed by atoms with Gasteiger partial charge in [-0.25, -0.2) is 9.78 Å². The van der Waals surface area contributed by atoms with Crippen LogP contribution in [0.3, 0.4) is 0 Å². The molecular weight excluding hydrogens is 574 g/mol. The van der Waals surface area contributed by atoms with Gasteiger partial charge in [-0.3, -0.25) is 9.69 Å². The number of para-hydroxylation sites is 1. The third-order valence-corrected chi connectivity index (χ3v) is 9.84. The summed E-state index contributed by atoms with van der Waals surface area (Å²) in [5.74, 6) is 0.104. The van der Waals surface area contributed by atoms with E-state index in [4.69, 9.17) is 9.72 Å². The first-order valence-electron chi connectivity index (χ1n) is 17.4. The molecule has 4 heterocycles. The van der Waals surface area contributed by atoms with Crippen molar-refractivity contribution in [2.24, 2.45) is 5.92 Å². The summed E-state index contributed by atoms with van der Waals surface area (Å²) in [6.45, 7) is 12.7. The van der Waals surface area contributed by atoms with Gasteiger partial charge in [-0.1, -0.05) is 55.0 Å². The van der Waals surface area contributed by atoms with Gasteiger partial charge in [0.25, 0.3) is 5.91 Å². The van der Waals surface area contributed by atoms with Crippen LogP contribution in [0.2, 0.25) is 0 Å². The Morgan fingerprint density at radius 3 is 2.33 bits per heavy atom. The SMILES string of the molecule is CC(C)(C)OC(=O)N1CCCC(CNC(=O)c2c(CN3CCC(N4CCCCC4)CC3)c(-c3ccccc3)nc3ccccc23)C1. The van der Waals surface area contributed by atoms with Crippen LogP contribution in [0.25, 0.3) is 22.2 Å². The van der Waals surface area contributed by atoms with Crippen molar-refractivity contribution >= 4 is 22.9 Å². The van der Waals surface area contributed by atoms with Gasteiger partial charge in [0.2, 0.25) is 0 Å². The lowest BCUT2D eigenvalue weighted by molar-refractivity contribution is 0.0167. The fourth-order valence-electron chi connectivity index (χ4n) is 7.50. The molecule has 0 saturated carbocycles. The smallest absolute Gasteiger partial charge is 0.410 e. The number of aromatic nitrogens is 1. The summed E-state index contributed by atoms with van der Waals surface area (Å²) in [5, 5.41) is 4.19. The maximum atomic E-state index is 14.3. The van der Waals surface area contributed by atoms with Gasteiger partial charge >= 0.3 is 6.09 Å². The summed E-state index contributed by atoms with van der Waals surface area (Å²) in [7, 11) is 0. The van der Waals surface area contributed by atoms with E-state index in [1.165, 1.54) is 45.2 Å². The van der Waals surface area contributed by atoms with Gasteiger partial charge in [0.15, 0.2) is 0 Å². The molecule has 2 amide bonds. The average molecular weight is 626 g/mol. The molecule has 0 bridgehead atoms. The largest absolute Gasteiger partial charge is 0.444 e. The van der Waals surface area contributed by atoms with Crippen LogP contribution >= 0.6 is 0 Å². The van der Waals surface area contributed by atoms with E-state index in [2.05, 4.69) is 27.2 Å². The molecule has 8 heteroatoms. The predicted molar refractivity (Wildman–Crippen MR) is 184 cm³/mol. The number of ether oxygens (including phenoxy) is 1. The second kappa shape index (κ2) is 14.5. The van der Waals surface area contributed by atoms with Gasteiger partial charge < -0.3 is 19.9 Å². The van der Waals surface area contributed by atoms with Crippen LogP contribution in [-0.2, 0) is 11.3 Å². The van der Waals surface area contributed by atoms with Gasteiger partial charge in [0.05, 0.1) is 16.8 Å². The molecule has 6 rings (SSSR count). The molecule has 2 aromatic carbocycles. The fraction of sp³-hybridized carbons (Fsp3) is 0.553. The highest BCUT2D eigenvalue weighted by atomic mass is 16.6. The third-order valence-electron chi connectivity index (χ3n) is 9.84. The molecule has 0 aliphatic carbocycles. The molecule has 0 spiro atoms. The van der Waals surface area contributed by atoms with Crippen LogP contribution in [0.1, 0.15) is 81.6 Å². The molecule has 1 aromatic heterocycles. The Balaban J connectivity index is 1.25. The number of likely N-dealkylation sites (tertiary alicyclic amines) is 3. The van der Waals surface area contributed by atoms with Crippen molar-refractivity contribution in [3.05, 3.63) is 65.7 Å². The van der Waals surface area contributed by atoms with E-state index >= 15 is 0 Å². The van der Waals surface area contributed by atoms with E-state index in [0.29, 0.717) is 32.2 Å². The topological polar surface area (TPSA) is 78.0 Å². The number of piperidine rings is 3. The molecule has 246 valence electrons. The van der Waals surface area contributed by atoms with Gasteiger partial charge in [0.1, 0.15) is 5.60 Å². The number of hydrogen-bond acceptors (Lipinski definition) is 6. The van der Waals surface area contributed by atoms with E-state index in [9.17, 15) is 9.59 Å². The normalized spacial score (nSPS) is 20.5. The van der Waals surface area contributed by atoms with Crippen molar-refractivity contribution in [2.75, 3.05) is 45.8 Å². The second-order valence-corrected chi connectivity index (χ2v) is 14.4. The number of pyridine rings is 1. The first kappa shape index (κ1) is 32.5. The Labute approximate surface area is 274 Å². The second-order valence-electron chi connectivity index (χ2n) is 14.4. The van der Waals surface area contributed by atoms with E-state index in [1.54, 1.807) is 4.90 Å². The number of fused-ring (bicyclic) bond motifs is 1. The first-order valence-corrected chi connectivity index (χ1v) is 17.4.